The summed E-state index contributed by atoms with van der Waals surface area (Å²) < 4.78 is 0. The topological polar surface area (TPSA) is 40.5 Å². The highest BCUT2D eigenvalue weighted by atomic mass is 32.1. The quantitative estimate of drug-likeness (QED) is 0.682. The van der Waals surface area contributed by atoms with Crippen molar-refractivity contribution in [2.24, 2.45) is 0 Å². The molecule has 0 saturated heterocycles. The minimum atomic E-state index is 0.0787. The van der Waals surface area contributed by atoms with Gasteiger partial charge >= 0.3 is 0 Å². The number of hydrogen-bond acceptors (Lipinski definition) is 4. The van der Waals surface area contributed by atoms with E-state index in [9.17, 15) is 9.90 Å². The number of aldehydes is 1. The second-order valence-electron chi connectivity index (χ2n) is 2.35. The third-order valence-corrected chi connectivity index (χ3v) is 2.25. The molecule has 4 heteroatoms. The molecule has 0 unspecified atom stereocenters. The van der Waals surface area contributed by atoms with Crippen LogP contribution in [0.4, 0.5) is 5.69 Å². The zero-order chi connectivity index (χ0) is 8.43. The van der Waals surface area contributed by atoms with Gasteiger partial charge in [0.2, 0.25) is 0 Å². The summed E-state index contributed by atoms with van der Waals surface area (Å²) in [5.41, 5.74) is 0.692. The lowest BCUT2D eigenvalue weighted by Gasteiger charge is -2.09. The Balaban J connectivity index is 3.10. The first-order valence-electron chi connectivity index (χ1n) is 3.09. The summed E-state index contributed by atoms with van der Waals surface area (Å²) in [6.45, 7) is 0. The van der Waals surface area contributed by atoms with Gasteiger partial charge < -0.3 is 10.0 Å². The van der Waals surface area contributed by atoms with E-state index in [2.05, 4.69) is 0 Å². The molecular weight excluding hydrogens is 162 g/mol. The molecule has 0 amide bonds. The van der Waals surface area contributed by atoms with Crippen LogP contribution >= 0.6 is 11.3 Å². The smallest absolute Gasteiger partial charge is 0.163 e. The number of aromatic hydroxyl groups is 1. The lowest BCUT2D eigenvalue weighted by Crippen LogP contribution is -2.07. The van der Waals surface area contributed by atoms with Crippen LogP contribution in [-0.2, 0) is 0 Å². The van der Waals surface area contributed by atoms with Crippen LogP contribution in [0, 0.1) is 0 Å². The average molecular weight is 171 g/mol. The van der Waals surface area contributed by atoms with Crippen LogP contribution in [0.15, 0.2) is 5.38 Å². The third kappa shape index (κ3) is 1.35. The Labute approximate surface area is 68.9 Å². The van der Waals surface area contributed by atoms with Crippen molar-refractivity contribution in [2.75, 3.05) is 19.0 Å². The van der Waals surface area contributed by atoms with Crippen molar-refractivity contribution in [3.8, 4) is 5.75 Å². The molecule has 0 fully saturated rings. The summed E-state index contributed by atoms with van der Waals surface area (Å²) >= 11 is 1.24. The predicted molar refractivity (Wildman–Crippen MR) is 45.7 cm³/mol. The maximum absolute atomic E-state index is 10.3. The van der Waals surface area contributed by atoms with Gasteiger partial charge in [0.1, 0.15) is 4.88 Å². The van der Waals surface area contributed by atoms with Crippen molar-refractivity contribution in [3.05, 3.63) is 10.3 Å². The molecule has 11 heavy (non-hydrogen) atoms. The SMILES string of the molecule is CN(C)c1csc(C=O)c1O. The lowest BCUT2D eigenvalue weighted by atomic mass is 10.4. The predicted octanol–water partition coefficient (Wildman–Crippen LogP) is 1.33. The highest BCUT2D eigenvalue weighted by molar-refractivity contribution is 7.12. The molecule has 0 radical (unpaired) electrons. The fourth-order valence-electron chi connectivity index (χ4n) is 0.758. The maximum atomic E-state index is 10.3. The van der Waals surface area contributed by atoms with Gasteiger partial charge in [-0.2, -0.15) is 0 Å². The van der Waals surface area contributed by atoms with Gasteiger partial charge in [-0.25, -0.2) is 0 Å². The largest absolute Gasteiger partial charge is 0.504 e. The normalized spacial score (nSPS) is 9.64. The number of thiophene rings is 1. The summed E-state index contributed by atoms with van der Waals surface area (Å²) in [6, 6.07) is 0. The van der Waals surface area contributed by atoms with Gasteiger partial charge in [0.15, 0.2) is 12.0 Å². The summed E-state index contributed by atoms with van der Waals surface area (Å²) in [5.74, 6) is 0.0787. The van der Waals surface area contributed by atoms with Crippen molar-refractivity contribution < 1.29 is 9.90 Å². The van der Waals surface area contributed by atoms with E-state index in [4.69, 9.17) is 0 Å². The van der Waals surface area contributed by atoms with Crippen molar-refractivity contribution in [1.29, 1.82) is 0 Å². The summed E-state index contributed by atoms with van der Waals surface area (Å²) in [5, 5.41) is 11.1. The number of rotatable bonds is 2. The van der Waals surface area contributed by atoms with Gasteiger partial charge in [-0.3, -0.25) is 4.79 Å². The lowest BCUT2D eigenvalue weighted by molar-refractivity contribution is 0.112. The van der Waals surface area contributed by atoms with Crippen molar-refractivity contribution >= 4 is 23.3 Å². The van der Waals surface area contributed by atoms with Gasteiger partial charge in [-0.05, 0) is 0 Å². The first kappa shape index (κ1) is 8.07. The highest BCUT2D eigenvalue weighted by Gasteiger charge is 2.10. The second-order valence-corrected chi connectivity index (χ2v) is 3.26. The molecule has 0 aromatic carbocycles. The summed E-state index contributed by atoms with van der Waals surface area (Å²) in [4.78, 5) is 12.4. The minimum absolute atomic E-state index is 0.0787. The standard InChI is InChI=1S/C7H9NO2S/c1-8(2)5-4-11-6(3-9)7(5)10/h3-4,10H,1-2H3. The minimum Gasteiger partial charge on any atom is -0.504 e. The van der Waals surface area contributed by atoms with E-state index in [0.717, 1.165) is 0 Å². The van der Waals surface area contributed by atoms with Gasteiger partial charge in [0.05, 0.1) is 5.69 Å². The Bertz CT molecular complexity index is 267. The Kier molecular flexibility index (Phi) is 2.14. The van der Waals surface area contributed by atoms with Crippen LogP contribution in [0.25, 0.3) is 0 Å². The number of nitrogens with zero attached hydrogens (tertiary/aromatic N) is 1. The molecule has 0 atom stereocenters. The molecule has 1 heterocycles. The van der Waals surface area contributed by atoms with Crippen LogP contribution in [0.5, 0.6) is 5.75 Å². The van der Waals surface area contributed by atoms with Crippen molar-refractivity contribution in [1.82, 2.24) is 0 Å². The van der Waals surface area contributed by atoms with E-state index in [0.29, 0.717) is 16.9 Å². The van der Waals surface area contributed by atoms with Crippen LogP contribution in [-0.4, -0.2) is 25.5 Å². The number of hydrogen-bond donors (Lipinski definition) is 1. The number of anilines is 1. The fraction of sp³-hybridized carbons (Fsp3) is 0.286. The first-order valence-corrected chi connectivity index (χ1v) is 3.97. The van der Waals surface area contributed by atoms with E-state index in [-0.39, 0.29) is 5.75 Å². The van der Waals surface area contributed by atoms with Gasteiger partial charge in [0, 0.05) is 19.5 Å². The zero-order valence-corrected chi connectivity index (χ0v) is 7.18. The van der Waals surface area contributed by atoms with Crippen LogP contribution in [0.3, 0.4) is 0 Å². The van der Waals surface area contributed by atoms with Crippen molar-refractivity contribution in [2.45, 2.75) is 0 Å². The van der Waals surface area contributed by atoms with E-state index >= 15 is 0 Å². The van der Waals surface area contributed by atoms with Gasteiger partial charge in [-0.1, -0.05) is 0 Å². The molecule has 0 saturated carbocycles. The van der Waals surface area contributed by atoms with E-state index in [1.807, 2.05) is 14.1 Å². The molecule has 1 aromatic rings. The van der Waals surface area contributed by atoms with Crippen LogP contribution in [0.2, 0.25) is 0 Å². The zero-order valence-electron chi connectivity index (χ0n) is 6.37. The molecule has 1 rings (SSSR count). The number of carbonyl (C=O) groups is 1. The van der Waals surface area contributed by atoms with Gasteiger partial charge in [-0.15, -0.1) is 11.3 Å². The Morgan fingerprint density at radius 3 is 2.55 bits per heavy atom. The highest BCUT2D eigenvalue weighted by Crippen LogP contribution is 2.34. The fourth-order valence-corrected chi connectivity index (χ4v) is 1.59. The van der Waals surface area contributed by atoms with Gasteiger partial charge in [0.25, 0.3) is 0 Å². The average Bonchev–Trinajstić information content (AvgIpc) is 2.30. The maximum Gasteiger partial charge on any atom is 0.163 e. The molecule has 1 N–H and O–H groups in total. The molecule has 3 nitrogen and oxygen atoms in total. The molecule has 0 aliphatic heterocycles. The Hall–Kier alpha value is -1.03. The van der Waals surface area contributed by atoms with E-state index in [1.165, 1.54) is 11.3 Å². The Morgan fingerprint density at radius 1 is 1.64 bits per heavy atom. The molecule has 0 aliphatic rings. The Morgan fingerprint density at radius 2 is 2.27 bits per heavy atom. The van der Waals surface area contributed by atoms with Crippen LogP contribution < -0.4 is 4.90 Å². The molecule has 0 aliphatic carbocycles. The molecule has 60 valence electrons. The monoisotopic (exact) mass is 171 g/mol. The molecule has 0 spiro atoms. The molecule has 0 bridgehead atoms. The first-order chi connectivity index (χ1) is 5.16. The summed E-state index contributed by atoms with van der Waals surface area (Å²) in [7, 11) is 3.63. The van der Waals surface area contributed by atoms with E-state index < -0.39 is 0 Å². The van der Waals surface area contributed by atoms with Crippen molar-refractivity contribution in [3.63, 3.8) is 0 Å². The molecule has 1 aromatic heterocycles. The molecular formula is C7H9NO2S. The summed E-state index contributed by atoms with van der Waals surface area (Å²) in [6.07, 6.45) is 0.660. The third-order valence-electron chi connectivity index (χ3n) is 1.36. The second kappa shape index (κ2) is 2.92. The number of carbonyl (C=O) groups excluding carboxylic acids is 1. The van der Waals surface area contributed by atoms with Crippen LogP contribution in [0.1, 0.15) is 9.67 Å². The van der Waals surface area contributed by atoms with E-state index in [1.54, 1.807) is 10.3 Å².